The Bertz CT molecular complexity index is 1180. The Hall–Kier alpha value is -1.63. The number of allylic oxidation sites excluding steroid dienone is 5. The summed E-state index contributed by atoms with van der Waals surface area (Å²) < 4.78 is 11.2. The molecule has 1 amide bonds. The minimum atomic E-state index is -1.61. The number of carbonyl (C=O) groups excluding carboxylic acids is 1. The van der Waals surface area contributed by atoms with Gasteiger partial charge in [-0.3, -0.25) is 4.79 Å². The minimum absolute atomic E-state index is 0.304. The first-order valence-corrected chi connectivity index (χ1v) is 28.8. The molecule has 1 aliphatic heterocycles. The molecule has 0 spiro atoms. The molecule has 0 radical (unpaired) electrons. The van der Waals surface area contributed by atoms with Crippen molar-refractivity contribution in [1.29, 1.82) is 0 Å². The van der Waals surface area contributed by atoms with Crippen molar-refractivity contribution in [2.75, 3.05) is 13.2 Å². The van der Waals surface area contributed by atoms with Gasteiger partial charge in [0.25, 0.3) is 0 Å². The van der Waals surface area contributed by atoms with Crippen molar-refractivity contribution in [1.82, 2.24) is 5.32 Å². The van der Waals surface area contributed by atoms with Crippen LogP contribution in [-0.4, -0.2) is 98.7 Å². The zero-order chi connectivity index (χ0) is 49.6. The van der Waals surface area contributed by atoms with Gasteiger partial charge in [0, 0.05) is 0 Å². The van der Waals surface area contributed by atoms with E-state index in [1.807, 2.05) is 6.08 Å². The largest absolute Gasteiger partial charge is 0.394 e. The smallest absolute Gasteiger partial charge is 0.249 e. The molecule has 1 heterocycles. The Morgan fingerprint density at radius 2 is 0.897 bits per heavy atom. The Labute approximate surface area is 417 Å². The number of aliphatic hydroxyl groups excluding tert-OH is 6. The van der Waals surface area contributed by atoms with Crippen molar-refractivity contribution in [3.05, 3.63) is 36.5 Å². The lowest BCUT2D eigenvalue weighted by Crippen LogP contribution is -2.60. The zero-order valence-corrected chi connectivity index (χ0v) is 44.0. The normalized spacial score (nSPS) is 20.3. The summed E-state index contributed by atoms with van der Waals surface area (Å²) in [7, 11) is 0. The van der Waals surface area contributed by atoms with Crippen LogP contribution in [0.4, 0.5) is 0 Å². The van der Waals surface area contributed by atoms with Crippen LogP contribution in [0, 0.1) is 0 Å². The lowest BCUT2D eigenvalue weighted by molar-refractivity contribution is -0.302. The van der Waals surface area contributed by atoms with Crippen LogP contribution in [0.5, 0.6) is 0 Å². The van der Waals surface area contributed by atoms with Gasteiger partial charge in [0.1, 0.15) is 30.5 Å². The van der Waals surface area contributed by atoms with Gasteiger partial charge >= 0.3 is 0 Å². The summed E-state index contributed by atoms with van der Waals surface area (Å²) in [4.78, 5) is 13.1. The second-order valence-corrected chi connectivity index (χ2v) is 20.2. The third kappa shape index (κ3) is 36.3. The van der Waals surface area contributed by atoms with Crippen LogP contribution in [0.1, 0.15) is 264 Å². The highest BCUT2D eigenvalue weighted by molar-refractivity contribution is 5.80. The van der Waals surface area contributed by atoms with E-state index in [-0.39, 0.29) is 6.61 Å². The summed E-state index contributed by atoms with van der Waals surface area (Å²) >= 11 is 0. The molecule has 8 unspecified atom stereocenters. The molecule has 10 heteroatoms. The molecule has 1 rings (SSSR count). The molecule has 1 aliphatic rings. The average Bonchev–Trinajstić information content (AvgIpc) is 3.34. The van der Waals surface area contributed by atoms with Crippen LogP contribution in [0.3, 0.4) is 0 Å². The van der Waals surface area contributed by atoms with Gasteiger partial charge in [0.15, 0.2) is 6.29 Å². The fourth-order valence-electron chi connectivity index (χ4n) is 9.14. The maximum atomic E-state index is 13.1. The van der Waals surface area contributed by atoms with Crippen molar-refractivity contribution in [3.63, 3.8) is 0 Å². The summed E-state index contributed by atoms with van der Waals surface area (Å²) in [6.07, 6.45) is 51.3. The van der Waals surface area contributed by atoms with Gasteiger partial charge in [-0.2, -0.15) is 0 Å². The van der Waals surface area contributed by atoms with Gasteiger partial charge in [-0.25, -0.2) is 0 Å². The molecule has 0 aromatic rings. The first-order chi connectivity index (χ1) is 33.3. The van der Waals surface area contributed by atoms with E-state index in [9.17, 15) is 35.4 Å². The Balaban J connectivity index is 2.14. The number of hydrogen-bond donors (Lipinski definition) is 7. The monoisotopic (exact) mass is 964 g/mol. The molecular weight excluding hydrogens is 855 g/mol. The van der Waals surface area contributed by atoms with Crippen molar-refractivity contribution >= 4 is 5.91 Å². The maximum Gasteiger partial charge on any atom is 0.249 e. The fourth-order valence-corrected chi connectivity index (χ4v) is 9.14. The summed E-state index contributed by atoms with van der Waals surface area (Å²) in [6, 6.07) is -0.978. The van der Waals surface area contributed by atoms with E-state index in [1.165, 1.54) is 193 Å². The molecule has 0 aromatic heterocycles. The fraction of sp³-hybridized carbons (Fsp3) is 0.879. The molecule has 400 valence electrons. The standard InChI is InChI=1S/C58H109NO9/c1-3-5-7-9-11-13-15-16-17-18-19-20-21-22-23-24-25-26-27-28-29-30-31-32-33-34-35-37-39-41-43-45-47-52(62)57(66)59-50(49-67-58-56(65)55(64)54(63)53(48-60)68-58)51(61)46-44-42-40-38-36-14-12-10-8-6-4-2/h19-20,22-23,44,46,50-56,58,60-65H,3-18,21,24-43,45,47-49H2,1-2H3,(H,59,66)/b20-19-,23-22-,46-44+. The van der Waals surface area contributed by atoms with Gasteiger partial charge in [-0.1, -0.05) is 249 Å². The van der Waals surface area contributed by atoms with Crippen molar-refractivity contribution < 1.29 is 44.9 Å². The van der Waals surface area contributed by atoms with Crippen LogP contribution in [0.15, 0.2) is 36.5 Å². The third-order valence-electron chi connectivity index (χ3n) is 13.8. The molecule has 0 aromatic carbocycles. The van der Waals surface area contributed by atoms with Crippen LogP contribution >= 0.6 is 0 Å². The molecular formula is C58H109NO9. The molecule has 10 nitrogen and oxygen atoms in total. The molecule has 8 atom stereocenters. The Morgan fingerprint density at radius 3 is 1.31 bits per heavy atom. The predicted molar refractivity (Wildman–Crippen MR) is 282 cm³/mol. The number of aliphatic hydroxyl groups is 6. The highest BCUT2D eigenvalue weighted by atomic mass is 16.7. The number of unbranched alkanes of at least 4 members (excludes halogenated alkanes) is 34. The first-order valence-electron chi connectivity index (χ1n) is 28.8. The SMILES string of the molecule is CCCCCCCCCCC/C=C\C/C=C\CCCCCCCCCCCCCCCCCCC(O)C(=O)NC(COC1OC(CO)C(O)C(O)C1O)C(O)/C=C/CCCCCCCCCCC. The highest BCUT2D eigenvalue weighted by Gasteiger charge is 2.44. The van der Waals surface area contributed by atoms with Crippen LogP contribution in [0.2, 0.25) is 0 Å². The molecule has 1 saturated heterocycles. The average molecular weight is 965 g/mol. The Kier molecular flexibility index (Phi) is 45.1. The van der Waals surface area contributed by atoms with E-state index in [1.54, 1.807) is 6.08 Å². The van der Waals surface area contributed by atoms with E-state index in [0.29, 0.717) is 6.42 Å². The van der Waals surface area contributed by atoms with Gasteiger partial charge in [0.2, 0.25) is 5.91 Å². The van der Waals surface area contributed by atoms with Gasteiger partial charge in [-0.15, -0.1) is 0 Å². The van der Waals surface area contributed by atoms with Crippen LogP contribution in [-0.2, 0) is 14.3 Å². The van der Waals surface area contributed by atoms with E-state index < -0.39 is 61.5 Å². The number of carbonyl (C=O) groups is 1. The second-order valence-electron chi connectivity index (χ2n) is 20.2. The maximum absolute atomic E-state index is 13.1. The van der Waals surface area contributed by atoms with Gasteiger partial charge in [-0.05, 0) is 51.4 Å². The second kappa shape index (κ2) is 47.7. The zero-order valence-electron chi connectivity index (χ0n) is 44.0. The molecule has 0 saturated carbocycles. The number of amides is 1. The van der Waals surface area contributed by atoms with Crippen LogP contribution < -0.4 is 5.32 Å². The highest BCUT2D eigenvalue weighted by Crippen LogP contribution is 2.23. The lowest BCUT2D eigenvalue weighted by Gasteiger charge is -2.40. The summed E-state index contributed by atoms with van der Waals surface area (Å²) in [5, 5.41) is 64.8. The van der Waals surface area contributed by atoms with E-state index in [4.69, 9.17) is 9.47 Å². The van der Waals surface area contributed by atoms with Crippen molar-refractivity contribution in [2.45, 2.75) is 313 Å². The minimum Gasteiger partial charge on any atom is -0.394 e. The quantitative estimate of drug-likeness (QED) is 0.0232. The summed E-state index contributed by atoms with van der Waals surface area (Å²) in [5.74, 6) is -0.615. The summed E-state index contributed by atoms with van der Waals surface area (Å²) in [6.45, 7) is 3.61. The topological polar surface area (TPSA) is 169 Å². The van der Waals surface area contributed by atoms with Gasteiger partial charge in [0.05, 0.1) is 25.4 Å². The predicted octanol–water partition coefficient (Wildman–Crippen LogP) is 12.9. The molecule has 1 fully saturated rings. The molecule has 7 N–H and O–H groups in total. The molecule has 0 bridgehead atoms. The number of ether oxygens (including phenoxy) is 2. The van der Waals surface area contributed by atoms with Gasteiger partial charge < -0.3 is 45.4 Å². The van der Waals surface area contributed by atoms with Crippen LogP contribution in [0.25, 0.3) is 0 Å². The first kappa shape index (κ1) is 64.4. The van der Waals surface area contributed by atoms with E-state index in [0.717, 1.165) is 51.4 Å². The number of hydrogen-bond acceptors (Lipinski definition) is 9. The molecule has 68 heavy (non-hydrogen) atoms. The number of rotatable bonds is 49. The third-order valence-corrected chi connectivity index (χ3v) is 13.8. The summed E-state index contributed by atoms with van der Waals surface area (Å²) in [5.41, 5.74) is 0. The lowest BCUT2D eigenvalue weighted by atomic mass is 9.99. The number of nitrogens with one attached hydrogen (secondary N) is 1. The van der Waals surface area contributed by atoms with E-state index in [2.05, 4.69) is 43.5 Å². The van der Waals surface area contributed by atoms with Crippen molar-refractivity contribution in [2.24, 2.45) is 0 Å². The molecule has 0 aliphatic carbocycles. The van der Waals surface area contributed by atoms with E-state index >= 15 is 0 Å². The Morgan fingerprint density at radius 1 is 0.515 bits per heavy atom. The van der Waals surface area contributed by atoms with Crippen molar-refractivity contribution in [3.8, 4) is 0 Å².